The van der Waals surface area contributed by atoms with Crippen LogP contribution in [0.1, 0.15) is 31.2 Å². The topological polar surface area (TPSA) is 82.4 Å². The van der Waals surface area contributed by atoms with Gasteiger partial charge in [0, 0.05) is 26.5 Å². The Bertz CT molecular complexity index is 603. The molecule has 1 fully saturated rings. The van der Waals surface area contributed by atoms with E-state index in [1.807, 2.05) is 6.07 Å². The Morgan fingerprint density at radius 2 is 2.17 bits per heavy atom. The highest BCUT2D eigenvalue weighted by atomic mass is 16.5. The fourth-order valence-electron chi connectivity index (χ4n) is 2.51. The summed E-state index contributed by atoms with van der Waals surface area (Å²) in [7, 11) is 1.78. The van der Waals surface area contributed by atoms with E-state index in [4.69, 9.17) is 10.00 Å². The molecule has 2 amide bonds. The molecule has 0 aliphatic carbocycles. The summed E-state index contributed by atoms with van der Waals surface area (Å²) in [5.41, 5.74) is 0.935. The highest BCUT2D eigenvalue weighted by Crippen LogP contribution is 2.15. The summed E-state index contributed by atoms with van der Waals surface area (Å²) >= 11 is 0. The standard InChI is InChI=1S/C17H21N3O3/c1-20(14-9-10-23-12-14)17(22)8-4-7-16(21)19-15-6-3-2-5-13(15)11-18/h2-3,5-6,14H,4,7-10,12H2,1H3,(H,19,21). The van der Waals surface area contributed by atoms with Crippen LogP contribution in [-0.4, -0.2) is 43.0 Å². The molecule has 0 radical (unpaired) electrons. The molecule has 1 atom stereocenters. The van der Waals surface area contributed by atoms with Crippen LogP contribution in [0, 0.1) is 11.3 Å². The van der Waals surface area contributed by atoms with Crippen molar-refractivity contribution in [3.05, 3.63) is 29.8 Å². The normalized spacial score (nSPS) is 16.6. The van der Waals surface area contributed by atoms with Gasteiger partial charge >= 0.3 is 0 Å². The predicted octanol–water partition coefficient (Wildman–Crippen LogP) is 1.91. The third-order valence-corrected chi connectivity index (χ3v) is 3.96. The lowest BCUT2D eigenvalue weighted by molar-refractivity contribution is -0.132. The fraction of sp³-hybridized carbons (Fsp3) is 0.471. The number of likely N-dealkylation sites (N-methyl/N-ethyl adjacent to an activating group) is 1. The van der Waals surface area contributed by atoms with E-state index in [1.165, 1.54) is 0 Å². The van der Waals surface area contributed by atoms with Crippen LogP contribution in [0.3, 0.4) is 0 Å². The Balaban J connectivity index is 1.74. The number of anilines is 1. The van der Waals surface area contributed by atoms with Gasteiger partial charge in [0.2, 0.25) is 11.8 Å². The van der Waals surface area contributed by atoms with E-state index in [1.54, 1.807) is 36.2 Å². The number of carbonyl (C=O) groups is 2. The number of hydrogen-bond acceptors (Lipinski definition) is 4. The average molecular weight is 315 g/mol. The first kappa shape index (κ1) is 17.0. The lowest BCUT2D eigenvalue weighted by Gasteiger charge is -2.23. The van der Waals surface area contributed by atoms with Crippen molar-refractivity contribution in [1.29, 1.82) is 5.26 Å². The second-order valence-electron chi connectivity index (χ2n) is 5.58. The molecule has 23 heavy (non-hydrogen) atoms. The minimum atomic E-state index is -0.188. The number of benzene rings is 1. The zero-order chi connectivity index (χ0) is 16.7. The minimum Gasteiger partial charge on any atom is -0.379 e. The molecule has 0 spiro atoms. The van der Waals surface area contributed by atoms with Crippen LogP contribution in [-0.2, 0) is 14.3 Å². The van der Waals surface area contributed by atoms with E-state index in [9.17, 15) is 9.59 Å². The van der Waals surface area contributed by atoms with Crippen LogP contribution in [0.15, 0.2) is 24.3 Å². The Morgan fingerprint density at radius 3 is 2.87 bits per heavy atom. The molecule has 6 heteroatoms. The molecule has 1 aliphatic heterocycles. The van der Waals surface area contributed by atoms with E-state index in [-0.39, 0.29) is 24.3 Å². The van der Waals surface area contributed by atoms with Gasteiger partial charge in [-0.2, -0.15) is 5.26 Å². The van der Waals surface area contributed by atoms with Crippen LogP contribution >= 0.6 is 0 Å². The number of rotatable bonds is 6. The van der Waals surface area contributed by atoms with Gasteiger partial charge < -0.3 is 15.0 Å². The Morgan fingerprint density at radius 1 is 1.39 bits per heavy atom. The molecule has 0 bridgehead atoms. The molecular weight excluding hydrogens is 294 g/mol. The molecule has 0 saturated carbocycles. The van der Waals surface area contributed by atoms with E-state index >= 15 is 0 Å². The van der Waals surface area contributed by atoms with Crippen molar-refractivity contribution >= 4 is 17.5 Å². The largest absolute Gasteiger partial charge is 0.379 e. The average Bonchev–Trinajstić information content (AvgIpc) is 3.09. The Hall–Kier alpha value is -2.39. The quantitative estimate of drug-likeness (QED) is 0.869. The van der Waals surface area contributed by atoms with Gasteiger partial charge in [0.25, 0.3) is 0 Å². The SMILES string of the molecule is CN(C(=O)CCCC(=O)Nc1ccccc1C#N)C1CCOC1. The molecule has 1 saturated heterocycles. The van der Waals surface area contributed by atoms with Crippen molar-refractivity contribution in [2.24, 2.45) is 0 Å². The number of nitrogens with zero attached hydrogens (tertiary/aromatic N) is 2. The van der Waals surface area contributed by atoms with Crippen LogP contribution in [0.4, 0.5) is 5.69 Å². The van der Waals surface area contributed by atoms with Gasteiger partial charge in [0.15, 0.2) is 0 Å². The van der Waals surface area contributed by atoms with Crippen molar-refractivity contribution in [1.82, 2.24) is 4.90 Å². The van der Waals surface area contributed by atoms with Gasteiger partial charge in [-0.25, -0.2) is 0 Å². The predicted molar refractivity (Wildman–Crippen MR) is 85.6 cm³/mol. The summed E-state index contributed by atoms with van der Waals surface area (Å²) in [6.07, 6.45) is 1.94. The third-order valence-electron chi connectivity index (χ3n) is 3.96. The smallest absolute Gasteiger partial charge is 0.224 e. The van der Waals surface area contributed by atoms with Gasteiger partial charge in [-0.05, 0) is 25.0 Å². The van der Waals surface area contributed by atoms with Crippen LogP contribution in [0.2, 0.25) is 0 Å². The van der Waals surface area contributed by atoms with Gasteiger partial charge in [-0.1, -0.05) is 12.1 Å². The highest BCUT2D eigenvalue weighted by molar-refractivity contribution is 5.92. The summed E-state index contributed by atoms with van der Waals surface area (Å²) in [5, 5.41) is 11.7. The summed E-state index contributed by atoms with van der Waals surface area (Å²) in [6, 6.07) is 9.03. The van der Waals surface area contributed by atoms with E-state index in [0.29, 0.717) is 37.3 Å². The number of hydrogen-bond donors (Lipinski definition) is 1. The summed E-state index contributed by atoms with van der Waals surface area (Å²) in [5.74, 6) is -0.155. The van der Waals surface area contributed by atoms with E-state index in [0.717, 1.165) is 6.42 Å². The van der Waals surface area contributed by atoms with Gasteiger partial charge in [-0.15, -0.1) is 0 Å². The number of amides is 2. The molecule has 1 heterocycles. The first-order valence-electron chi connectivity index (χ1n) is 7.74. The number of nitrogens with one attached hydrogen (secondary N) is 1. The third kappa shape index (κ3) is 4.80. The summed E-state index contributed by atoms with van der Waals surface area (Å²) < 4.78 is 5.27. The molecule has 1 N–H and O–H groups in total. The molecule has 1 aromatic carbocycles. The van der Waals surface area contributed by atoms with E-state index in [2.05, 4.69) is 5.32 Å². The number of para-hydroxylation sites is 1. The first-order valence-corrected chi connectivity index (χ1v) is 7.74. The maximum absolute atomic E-state index is 12.1. The first-order chi connectivity index (χ1) is 11.1. The van der Waals surface area contributed by atoms with Crippen molar-refractivity contribution in [2.75, 3.05) is 25.6 Å². The summed E-state index contributed by atoms with van der Waals surface area (Å²) in [6.45, 7) is 1.29. The summed E-state index contributed by atoms with van der Waals surface area (Å²) in [4.78, 5) is 25.7. The molecule has 1 aromatic rings. The number of nitriles is 1. The lowest BCUT2D eigenvalue weighted by Crippen LogP contribution is -2.37. The van der Waals surface area contributed by atoms with Crippen LogP contribution in [0.5, 0.6) is 0 Å². The van der Waals surface area contributed by atoms with Gasteiger partial charge in [0.05, 0.1) is 23.9 Å². The fourth-order valence-corrected chi connectivity index (χ4v) is 2.51. The monoisotopic (exact) mass is 315 g/mol. The molecule has 1 unspecified atom stereocenters. The zero-order valence-electron chi connectivity index (χ0n) is 13.2. The van der Waals surface area contributed by atoms with E-state index < -0.39 is 0 Å². The number of ether oxygens (including phenoxy) is 1. The molecule has 6 nitrogen and oxygen atoms in total. The van der Waals surface area contributed by atoms with Crippen LogP contribution < -0.4 is 5.32 Å². The van der Waals surface area contributed by atoms with Crippen molar-refractivity contribution < 1.29 is 14.3 Å². The molecule has 122 valence electrons. The zero-order valence-corrected chi connectivity index (χ0v) is 13.2. The molecule has 0 aromatic heterocycles. The van der Waals surface area contributed by atoms with Crippen molar-refractivity contribution in [2.45, 2.75) is 31.7 Å². The lowest BCUT2D eigenvalue weighted by atomic mass is 10.1. The van der Waals surface area contributed by atoms with Gasteiger partial charge in [-0.3, -0.25) is 9.59 Å². The maximum Gasteiger partial charge on any atom is 0.224 e. The highest BCUT2D eigenvalue weighted by Gasteiger charge is 2.23. The molecule has 2 rings (SSSR count). The Kier molecular flexibility index (Phi) is 6.12. The Labute approximate surface area is 136 Å². The molecular formula is C17H21N3O3. The van der Waals surface area contributed by atoms with Crippen molar-refractivity contribution in [3.8, 4) is 6.07 Å². The number of carbonyl (C=O) groups excluding carboxylic acids is 2. The second-order valence-corrected chi connectivity index (χ2v) is 5.58. The molecule has 1 aliphatic rings. The van der Waals surface area contributed by atoms with Crippen LogP contribution in [0.25, 0.3) is 0 Å². The maximum atomic E-state index is 12.1. The van der Waals surface area contributed by atoms with Gasteiger partial charge in [0.1, 0.15) is 6.07 Å². The minimum absolute atomic E-state index is 0.0331. The van der Waals surface area contributed by atoms with Crippen molar-refractivity contribution in [3.63, 3.8) is 0 Å². The second kappa shape index (κ2) is 8.30.